The highest BCUT2D eigenvalue weighted by molar-refractivity contribution is 5.97. The normalized spacial score (nSPS) is 12.2. The van der Waals surface area contributed by atoms with Crippen molar-refractivity contribution in [3.05, 3.63) is 95.6 Å². The molecule has 0 fully saturated rings. The summed E-state index contributed by atoms with van der Waals surface area (Å²) in [7, 11) is 0. The summed E-state index contributed by atoms with van der Waals surface area (Å²) in [5, 5.41) is 18.5. The van der Waals surface area contributed by atoms with E-state index < -0.39 is 6.10 Å². The van der Waals surface area contributed by atoms with Gasteiger partial charge in [-0.05, 0) is 48.2 Å². The summed E-state index contributed by atoms with van der Waals surface area (Å²) in [6.07, 6.45) is 3.17. The lowest BCUT2D eigenvalue weighted by molar-refractivity contribution is 0.0536. The summed E-state index contributed by atoms with van der Waals surface area (Å²) < 4.78 is 11.4. The van der Waals surface area contributed by atoms with Gasteiger partial charge in [-0.3, -0.25) is 4.79 Å². The van der Waals surface area contributed by atoms with Crippen LogP contribution in [0.2, 0.25) is 0 Å². The molecular weight excluding hydrogens is 440 g/mol. The molecule has 35 heavy (non-hydrogen) atoms. The van der Waals surface area contributed by atoms with E-state index in [9.17, 15) is 9.90 Å². The number of ketones is 1. The van der Waals surface area contributed by atoms with Gasteiger partial charge in [-0.15, -0.1) is 0 Å². The number of ether oxygens (including phenoxy) is 2. The van der Waals surface area contributed by atoms with E-state index in [0.717, 1.165) is 25.7 Å². The number of Topliss-reactive ketones (excluding diaryl/α,β-unsaturated/α-hetero) is 1. The molecule has 0 spiro atoms. The van der Waals surface area contributed by atoms with Crippen LogP contribution in [0.4, 0.5) is 0 Å². The number of rotatable bonds is 14. The third-order valence-corrected chi connectivity index (χ3v) is 6.29. The monoisotopic (exact) mass is 476 g/mol. The predicted molar refractivity (Wildman–Crippen MR) is 138 cm³/mol. The largest absolute Gasteiger partial charge is 0.491 e. The molecule has 0 aromatic heterocycles. The molecule has 0 heterocycles. The Bertz CT molecular complexity index is 1020. The summed E-state index contributed by atoms with van der Waals surface area (Å²) in [4.78, 5) is 12.4. The number of aliphatic hydroxyl groups excluding tert-OH is 2. The van der Waals surface area contributed by atoms with Gasteiger partial charge in [-0.1, -0.05) is 81.3 Å². The molecular formula is C30H36O5. The van der Waals surface area contributed by atoms with Crippen LogP contribution in [0.5, 0.6) is 11.5 Å². The standard InChI is InChI=1S/C30H36O5/c1-3-18-30(19-4-2,24-10-14-27(15-11-24)34-21-26(32)20-31)25-12-16-28(17-13-25)35-22-29(33)23-8-6-5-7-9-23/h5-17,26,31-32H,3-4,18-22H2,1-2H3. The molecule has 3 rings (SSSR count). The molecule has 0 bridgehead atoms. The van der Waals surface area contributed by atoms with Crippen molar-refractivity contribution < 1.29 is 24.5 Å². The summed E-state index contributed by atoms with van der Waals surface area (Å²) in [5.74, 6) is 1.29. The molecule has 0 aliphatic rings. The maximum Gasteiger partial charge on any atom is 0.200 e. The van der Waals surface area contributed by atoms with Crippen LogP contribution >= 0.6 is 0 Å². The third-order valence-electron chi connectivity index (χ3n) is 6.29. The third kappa shape index (κ3) is 6.93. The summed E-state index contributed by atoms with van der Waals surface area (Å²) in [6, 6.07) is 25.3. The Morgan fingerprint density at radius 1 is 0.800 bits per heavy atom. The highest BCUT2D eigenvalue weighted by Gasteiger charge is 2.32. The van der Waals surface area contributed by atoms with Gasteiger partial charge in [0, 0.05) is 11.0 Å². The van der Waals surface area contributed by atoms with Crippen molar-refractivity contribution in [1.29, 1.82) is 0 Å². The minimum Gasteiger partial charge on any atom is -0.491 e. The minimum atomic E-state index is -0.891. The van der Waals surface area contributed by atoms with Crippen molar-refractivity contribution in [2.75, 3.05) is 19.8 Å². The zero-order chi connectivity index (χ0) is 25.1. The second-order valence-corrected chi connectivity index (χ2v) is 8.86. The SMILES string of the molecule is CCCC(CCC)(c1ccc(OCC(=O)c2ccccc2)cc1)c1ccc(OCC(O)CO)cc1. The zero-order valence-electron chi connectivity index (χ0n) is 20.7. The molecule has 5 nitrogen and oxygen atoms in total. The van der Waals surface area contributed by atoms with Gasteiger partial charge in [-0.2, -0.15) is 0 Å². The van der Waals surface area contributed by atoms with Crippen LogP contribution in [0, 0.1) is 0 Å². The molecule has 3 aromatic rings. The van der Waals surface area contributed by atoms with Crippen molar-refractivity contribution in [2.45, 2.75) is 51.0 Å². The molecule has 2 N–H and O–H groups in total. The van der Waals surface area contributed by atoms with E-state index in [1.807, 2.05) is 42.5 Å². The first-order chi connectivity index (χ1) is 17.0. The van der Waals surface area contributed by atoms with Gasteiger partial charge in [0.25, 0.3) is 0 Å². The molecule has 0 amide bonds. The Morgan fingerprint density at radius 3 is 1.80 bits per heavy atom. The summed E-state index contributed by atoms with van der Waals surface area (Å²) >= 11 is 0. The Morgan fingerprint density at radius 2 is 1.31 bits per heavy atom. The average Bonchev–Trinajstić information content (AvgIpc) is 2.91. The quantitative estimate of drug-likeness (QED) is 0.298. The van der Waals surface area contributed by atoms with Crippen LogP contribution < -0.4 is 9.47 Å². The van der Waals surface area contributed by atoms with Crippen molar-refractivity contribution in [2.24, 2.45) is 0 Å². The Kier molecular flexibility index (Phi) is 9.88. The Hall–Kier alpha value is -3.15. The first-order valence-corrected chi connectivity index (χ1v) is 12.4. The van der Waals surface area contributed by atoms with Gasteiger partial charge < -0.3 is 19.7 Å². The number of carbonyl (C=O) groups is 1. The van der Waals surface area contributed by atoms with Crippen LogP contribution in [-0.4, -0.2) is 41.9 Å². The van der Waals surface area contributed by atoms with E-state index in [1.165, 1.54) is 11.1 Å². The fourth-order valence-corrected chi connectivity index (χ4v) is 4.56. The van der Waals surface area contributed by atoms with Gasteiger partial charge in [0.15, 0.2) is 12.4 Å². The fourth-order valence-electron chi connectivity index (χ4n) is 4.56. The summed E-state index contributed by atoms with van der Waals surface area (Å²) in [6.45, 7) is 4.13. The van der Waals surface area contributed by atoms with Crippen molar-refractivity contribution in [3.63, 3.8) is 0 Å². The lowest BCUT2D eigenvalue weighted by atomic mass is 9.68. The maximum absolute atomic E-state index is 12.4. The molecule has 0 saturated heterocycles. The molecule has 1 atom stereocenters. The van der Waals surface area contributed by atoms with E-state index in [2.05, 4.69) is 38.1 Å². The number of carbonyl (C=O) groups excluding carboxylic acids is 1. The van der Waals surface area contributed by atoms with Gasteiger partial charge in [0.05, 0.1) is 6.61 Å². The van der Waals surface area contributed by atoms with Crippen LogP contribution in [-0.2, 0) is 5.41 Å². The molecule has 1 unspecified atom stereocenters. The highest BCUT2D eigenvalue weighted by atomic mass is 16.5. The van der Waals surface area contributed by atoms with Crippen LogP contribution in [0.15, 0.2) is 78.9 Å². The molecule has 0 radical (unpaired) electrons. The zero-order valence-corrected chi connectivity index (χ0v) is 20.7. The summed E-state index contributed by atoms with van der Waals surface area (Å²) in [5.41, 5.74) is 2.93. The number of aliphatic hydroxyl groups is 2. The molecule has 3 aromatic carbocycles. The Labute approximate surface area is 208 Å². The predicted octanol–water partition coefficient (Wildman–Crippen LogP) is 5.57. The fraction of sp³-hybridized carbons (Fsp3) is 0.367. The van der Waals surface area contributed by atoms with E-state index in [0.29, 0.717) is 17.1 Å². The lowest BCUT2D eigenvalue weighted by Gasteiger charge is -2.35. The number of hydrogen-bond acceptors (Lipinski definition) is 5. The maximum atomic E-state index is 12.4. The van der Waals surface area contributed by atoms with Crippen molar-refractivity contribution in [1.82, 2.24) is 0 Å². The first-order valence-electron chi connectivity index (χ1n) is 12.4. The topological polar surface area (TPSA) is 76.0 Å². The minimum absolute atomic E-state index is 0.00482. The van der Waals surface area contributed by atoms with Crippen LogP contribution in [0.25, 0.3) is 0 Å². The number of benzene rings is 3. The molecule has 186 valence electrons. The van der Waals surface area contributed by atoms with Crippen molar-refractivity contribution in [3.8, 4) is 11.5 Å². The van der Waals surface area contributed by atoms with Crippen LogP contribution in [0.1, 0.15) is 61.0 Å². The molecule has 0 aliphatic heterocycles. The lowest BCUT2D eigenvalue weighted by Crippen LogP contribution is -2.27. The van der Waals surface area contributed by atoms with E-state index in [1.54, 1.807) is 12.1 Å². The first kappa shape index (κ1) is 26.5. The molecule has 5 heteroatoms. The van der Waals surface area contributed by atoms with Crippen molar-refractivity contribution >= 4 is 5.78 Å². The second-order valence-electron chi connectivity index (χ2n) is 8.86. The van der Waals surface area contributed by atoms with Gasteiger partial charge >= 0.3 is 0 Å². The Balaban J connectivity index is 1.78. The van der Waals surface area contributed by atoms with Gasteiger partial charge in [0.2, 0.25) is 0 Å². The van der Waals surface area contributed by atoms with Gasteiger partial charge in [-0.25, -0.2) is 0 Å². The molecule has 0 aliphatic carbocycles. The van der Waals surface area contributed by atoms with E-state index in [4.69, 9.17) is 14.6 Å². The van der Waals surface area contributed by atoms with E-state index >= 15 is 0 Å². The van der Waals surface area contributed by atoms with Gasteiger partial charge in [0.1, 0.15) is 24.2 Å². The molecule has 0 saturated carbocycles. The second kappa shape index (κ2) is 13.1. The average molecular weight is 477 g/mol. The highest BCUT2D eigenvalue weighted by Crippen LogP contribution is 2.42. The van der Waals surface area contributed by atoms with E-state index in [-0.39, 0.29) is 31.0 Å². The smallest absolute Gasteiger partial charge is 0.200 e. The van der Waals surface area contributed by atoms with Crippen LogP contribution in [0.3, 0.4) is 0 Å². The number of hydrogen-bond donors (Lipinski definition) is 2.